The van der Waals surface area contributed by atoms with Crippen molar-refractivity contribution in [3.8, 4) is 45.6 Å². The monoisotopic (exact) mass is 376 g/mol. The molecule has 0 aliphatic carbocycles. The maximum atomic E-state index is 5.52. The Morgan fingerprint density at radius 2 is 1.68 bits per heavy atom. The molecule has 1 N–H and O–H groups in total. The molecule has 0 spiro atoms. The van der Waals surface area contributed by atoms with E-state index in [2.05, 4.69) is 40.3 Å². The van der Waals surface area contributed by atoms with Crippen LogP contribution in [0.5, 0.6) is 11.5 Å². The number of nitrogens with one attached hydrogen (secondary N) is 1. The van der Waals surface area contributed by atoms with Crippen molar-refractivity contribution in [2.24, 2.45) is 0 Å². The largest absolute Gasteiger partial charge is 0.493 e. The molecule has 28 heavy (non-hydrogen) atoms. The highest BCUT2D eigenvalue weighted by molar-refractivity contribution is 5.78. The minimum Gasteiger partial charge on any atom is -0.493 e. The molecule has 0 atom stereocenters. The van der Waals surface area contributed by atoms with Crippen LogP contribution in [0.15, 0.2) is 47.1 Å². The first-order chi connectivity index (χ1) is 13.6. The number of aryl methyl sites for hydroxylation is 2. The van der Waals surface area contributed by atoms with Crippen LogP contribution in [0, 0.1) is 13.8 Å². The van der Waals surface area contributed by atoms with Gasteiger partial charge >= 0.3 is 0 Å². The fraction of sp³-hybridized carbons (Fsp3) is 0.190. The summed E-state index contributed by atoms with van der Waals surface area (Å²) in [7, 11) is 3.20. The van der Waals surface area contributed by atoms with Crippen molar-refractivity contribution in [3.05, 3.63) is 53.7 Å². The Hall–Kier alpha value is -3.61. The predicted octanol–water partition coefficient (Wildman–Crippen LogP) is 4.43. The number of aromatic nitrogens is 4. The van der Waals surface area contributed by atoms with Gasteiger partial charge in [0.1, 0.15) is 0 Å². The molecule has 0 unspecified atom stereocenters. The van der Waals surface area contributed by atoms with E-state index in [0.717, 1.165) is 22.4 Å². The van der Waals surface area contributed by atoms with Crippen molar-refractivity contribution < 1.29 is 14.0 Å². The van der Waals surface area contributed by atoms with E-state index in [0.29, 0.717) is 23.2 Å². The molecule has 7 heteroatoms. The lowest BCUT2D eigenvalue weighted by Gasteiger charge is -2.09. The molecule has 0 aliphatic heterocycles. The van der Waals surface area contributed by atoms with Crippen LogP contribution in [0.3, 0.4) is 0 Å². The molecule has 2 aromatic carbocycles. The van der Waals surface area contributed by atoms with Gasteiger partial charge in [-0.1, -0.05) is 17.3 Å². The second kappa shape index (κ2) is 7.19. The summed E-state index contributed by atoms with van der Waals surface area (Å²) in [5.41, 5.74) is 5.66. The Bertz CT molecular complexity index is 1130. The lowest BCUT2D eigenvalue weighted by Crippen LogP contribution is -1.91. The first-order valence-electron chi connectivity index (χ1n) is 8.78. The third-order valence-corrected chi connectivity index (χ3v) is 4.73. The maximum Gasteiger partial charge on any atom is 0.262 e. The zero-order valence-corrected chi connectivity index (χ0v) is 16.1. The Labute approximate surface area is 162 Å². The van der Waals surface area contributed by atoms with Crippen molar-refractivity contribution in [2.75, 3.05) is 14.2 Å². The molecule has 4 aromatic rings. The van der Waals surface area contributed by atoms with E-state index >= 15 is 0 Å². The van der Waals surface area contributed by atoms with Gasteiger partial charge < -0.3 is 14.0 Å². The molecule has 0 saturated carbocycles. The molecule has 7 nitrogen and oxygen atoms in total. The number of ether oxygens (including phenoxy) is 2. The standard InChI is InChI=1S/C21H20N4O3/c1-12-5-6-15(9-13(12)2)20-23-21(28-25-20)16-11-22-24-19(16)14-7-8-17(26-3)18(10-14)27-4/h5-11H,1-4H3,(H,22,24). The van der Waals surface area contributed by atoms with Gasteiger partial charge in [-0.2, -0.15) is 10.1 Å². The van der Waals surface area contributed by atoms with Crippen LogP contribution in [0.2, 0.25) is 0 Å². The molecule has 0 fully saturated rings. The fourth-order valence-electron chi connectivity index (χ4n) is 2.99. The van der Waals surface area contributed by atoms with E-state index in [-0.39, 0.29) is 0 Å². The SMILES string of the molecule is COc1ccc(-c2[nH]ncc2-c2nc(-c3ccc(C)c(C)c3)no2)cc1OC. The van der Waals surface area contributed by atoms with Crippen LogP contribution in [-0.2, 0) is 0 Å². The minimum absolute atomic E-state index is 0.395. The molecular weight excluding hydrogens is 356 g/mol. The number of benzene rings is 2. The van der Waals surface area contributed by atoms with E-state index in [4.69, 9.17) is 14.0 Å². The predicted molar refractivity (Wildman–Crippen MR) is 105 cm³/mol. The highest BCUT2D eigenvalue weighted by atomic mass is 16.5. The number of H-pyrrole nitrogens is 1. The third kappa shape index (κ3) is 3.11. The highest BCUT2D eigenvalue weighted by Crippen LogP contribution is 2.35. The lowest BCUT2D eigenvalue weighted by atomic mass is 10.1. The Morgan fingerprint density at radius 1 is 0.893 bits per heavy atom. The summed E-state index contributed by atoms with van der Waals surface area (Å²) in [5, 5.41) is 11.3. The van der Waals surface area contributed by atoms with Gasteiger partial charge in [-0.15, -0.1) is 0 Å². The van der Waals surface area contributed by atoms with E-state index < -0.39 is 0 Å². The first kappa shape index (κ1) is 17.8. The summed E-state index contributed by atoms with van der Waals surface area (Å²) in [6, 6.07) is 11.7. The van der Waals surface area contributed by atoms with Gasteiger partial charge in [-0.25, -0.2) is 0 Å². The molecule has 0 bridgehead atoms. The number of nitrogens with zero attached hydrogens (tertiary/aromatic N) is 3. The topological polar surface area (TPSA) is 86.1 Å². The van der Waals surface area contributed by atoms with Gasteiger partial charge in [0, 0.05) is 11.1 Å². The van der Waals surface area contributed by atoms with Gasteiger partial charge in [-0.05, 0) is 49.2 Å². The van der Waals surface area contributed by atoms with Gasteiger partial charge in [0.25, 0.3) is 5.89 Å². The van der Waals surface area contributed by atoms with Crippen LogP contribution in [0.1, 0.15) is 11.1 Å². The number of hydrogen-bond acceptors (Lipinski definition) is 6. The van der Waals surface area contributed by atoms with Crippen LogP contribution in [0.4, 0.5) is 0 Å². The highest BCUT2D eigenvalue weighted by Gasteiger charge is 2.18. The Balaban J connectivity index is 1.72. The molecule has 4 rings (SSSR count). The Kier molecular flexibility index (Phi) is 4.57. The second-order valence-corrected chi connectivity index (χ2v) is 6.45. The molecular formula is C21H20N4O3. The summed E-state index contributed by atoms with van der Waals surface area (Å²) in [5.74, 6) is 2.22. The number of methoxy groups -OCH3 is 2. The van der Waals surface area contributed by atoms with Crippen molar-refractivity contribution in [3.63, 3.8) is 0 Å². The Morgan fingerprint density at radius 3 is 2.43 bits per heavy atom. The maximum absolute atomic E-state index is 5.52. The molecule has 142 valence electrons. The third-order valence-electron chi connectivity index (χ3n) is 4.73. The smallest absolute Gasteiger partial charge is 0.262 e. The van der Waals surface area contributed by atoms with Crippen LogP contribution in [0.25, 0.3) is 34.1 Å². The normalized spacial score (nSPS) is 10.9. The van der Waals surface area contributed by atoms with Crippen LogP contribution in [-0.4, -0.2) is 34.6 Å². The van der Waals surface area contributed by atoms with E-state index in [1.165, 1.54) is 11.1 Å². The summed E-state index contributed by atoms with van der Waals surface area (Å²) in [6.07, 6.45) is 1.67. The summed E-state index contributed by atoms with van der Waals surface area (Å²) < 4.78 is 16.2. The number of aromatic amines is 1. The van der Waals surface area contributed by atoms with Gasteiger partial charge in [0.15, 0.2) is 11.5 Å². The average Bonchev–Trinajstić information content (AvgIpc) is 3.38. The van der Waals surface area contributed by atoms with E-state index in [9.17, 15) is 0 Å². The van der Waals surface area contributed by atoms with E-state index in [1.54, 1.807) is 20.4 Å². The molecule has 0 aliphatic rings. The average molecular weight is 376 g/mol. The fourth-order valence-corrected chi connectivity index (χ4v) is 2.99. The quantitative estimate of drug-likeness (QED) is 0.555. The second-order valence-electron chi connectivity index (χ2n) is 6.45. The summed E-state index contributed by atoms with van der Waals surface area (Å²) in [4.78, 5) is 4.56. The number of rotatable bonds is 5. The molecule has 0 radical (unpaired) electrons. The van der Waals surface area contributed by atoms with Gasteiger partial charge in [0.05, 0.1) is 31.7 Å². The molecule has 0 saturated heterocycles. The summed E-state index contributed by atoms with van der Waals surface area (Å²) in [6.45, 7) is 4.13. The molecule has 0 amide bonds. The van der Waals surface area contributed by atoms with Crippen molar-refractivity contribution in [1.29, 1.82) is 0 Å². The molecule has 2 aromatic heterocycles. The minimum atomic E-state index is 0.395. The van der Waals surface area contributed by atoms with Gasteiger partial charge in [0.2, 0.25) is 5.82 Å². The van der Waals surface area contributed by atoms with Crippen LogP contribution < -0.4 is 9.47 Å². The van der Waals surface area contributed by atoms with Gasteiger partial charge in [-0.3, -0.25) is 5.10 Å². The zero-order chi connectivity index (χ0) is 19.7. The summed E-state index contributed by atoms with van der Waals surface area (Å²) >= 11 is 0. The van der Waals surface area contributed by atoms with Crippen molar-refractivity contribution in [1.82, 2.24) is 20.3 Å². The van der Waals surface area contributed by atoms with Crippen molar-refractivity contribution in [2.45, 2.75) is 13.8 Å². The first-order valence-corrected chi connectivity index (χ1v) is 8.78. The van der Waals surface area contributed by atoms with E-state index in [1.807, 2.05) is 30.3 Å². The zero-order valence-electron chi connectivity index (χ0n) is 16.1. The van der Waals surface area contributed by atoms with Crippen molar-refractivity contribution >= 4 is 0 Å². The van der Waals surface area contributed by atoms with Crippen LogP contribution >= 0.6 is 0 Å². The molecule has 2 heterocycles. The number of hydrogen-bond donors (Lipinski definition) is 1. The lowest BCUT2D eigenvalue weighted by molar-refractivity contribution is 0.355.